The first-order valence-electron chi connectivity index (χ1n) is 6.59. The molecule has 5 nitrogen and oxygen atoms in total. The standard InChI is InChI=1S/C13H25N3O2/c1-13(2,3)7-10(8-14)12(18)16-6-4-5-15-11(17)9-16/h10H,4-9,14H2,1-3H3,(H,15,17). The van der Waals surface area contributed by atoms with Crippen LogP contribution < -0.4 is 11.1 Å². The van der Waals surface area contributed by atoms with Crippen molar-refractivity contribution in [3.05, 3.63) is 0 Å². The summed E-state index contributed by atoms with van der Waals surface area (Å²) in [5.41, 5.74) is 5.78. The summed E-state index contributed by atoms with van der Waals surface area (Å²) in [5, 5.41) is 2.77. The molecular formula is C13H25N3O2. The van der Waals surface area contributed by atoms with Crippen LogP contribution in [0.1, 0.15) is 33.6 Å². The number of rotatable bonds is 3. The molecule has 0 aromatic rings. The van der Waals surface area contributed by atoms with Crippen LogP contribution in [0.2, 0.25) is 0 Å². The summed E-state index contributed by atoms with van der Waals surface area (Å²) in [6.45, 7) is 8.08. The van der Waals surface area contributed by atoms with Crippen molar-refractivity contribution in [1.82, 2.24) is 10.2 Å². The molecule has 0 bridgehead atoms. The molecule has 1 aliphatic heterocycles. The van der Waals surface area contributed by atoms with E-state index in [2.05, 4.69) is 26.1 Å². The molecule has 0 spiro atoms. The average molecular weight is 255 g/mol. The van der Waals surface area contributed by atoms with E-state index in [1.165, 1.54) is 0 Å². The Morgan fingerprint density at radius 2 is 2.17 bits per heavy atom. The van der Waals surface area contributed by atoms with Gasteiger partial charge in [0.15, 0.2) is 0 Å². The third-order valence-corrected chi connectivity index (χ3v) is 3.07. The minimum absolute atomic E-state index is 0.0180. The van der Waals surface area contributed by atoms with E-state index in [0.29, 0.717) is 19.6 Å². The van der Waals surface area contributed by atoms with Crippen LogP contribution >= 0.6 is 0 Å². The van der Waals surface area contributed by atoms with E-state index in [9.17, 15) is 9.59 Å². The van der Waals surface area contributed by atoms with Crippen molar-refractivity contribution in [1.29, 1.82) is 0 Å². The van der Waals surface area contributed by atoms with Crippen LogP contribution in [0, 0.1) is 11.3 Å². The van der Waals surface area contributed by atoms with Gasteiger partial charge in [-0.05, 0) is 18.3 Å². The van der Waals surface area contributed by atoms with Crippen LogP contribution in [0.3, 0.4) is 0 Å². The molecule has 1 unspecified atom stereocenters. The summed E-state index contributed by atoms with van der Waals surface area (Å²) in [6, 6.07) is 0. The van der Waals surface area contributed by atoms with Crippen LogP contribution in [0.5, 0.6) is 0 Å². The molecule has 1 fully saturated rings. The maximum atomic E-state index is 12.4. The Morgan fingerprint density at radius 1 is 1.50 bits per heavy atom. The van der Waals surface area contributed by atoms with Crippen molar-refractivity contribution in [3.8, 4) is 0 Å². The van der Waals surface area contributed by atoms with Gasteiger partial charge in [-0.3, -0.25) is 9.59 Å². The van der Waals surface area contributed by atoms with Crippen LogP contribution in [0.4, 0.5) is 0 Å². The van der Waals surface area contributed by atoms with Crippen molar-refractivity contribution in [3.63, 3.8) is 0 Å². The summed E-state index contributed by atoms with van der Waals surface area (Å²) >= 11 is 0. The van der Waals surface area contributed by atoms with Crippen molar-refractivity contribution in [2.24, 2.45) is 17.1 Å². The number of nitrogens with zero attached hydrogens (tertiary/aromatic N) is 1. The average Bonchev–Trinajstić information content (AvgIpc) is 2.48. The van der Waals surface area contributed by atoms with Gasteiger partial charge >= 0.3 is 0 Å². The molecule has 0 aliphatic carbocycles. The zero-order chi connectivity index (χ0) is 13.8. The van der Waals surface area contributed by atoms with Gasteiger partial charge in [0.05, 0.1) is 12.5 Å². The van der Waals surface area contributed by atoms with Crippen LogP contribution in [0.15, 0.2) is 0 Å². The lowest BCUT2D eigenvalue weighted by molar-refractivity contribution is -0.139. The van der Waals surface area contributed by atoms with Crippen LogP contribution in [0.25, 0.3) is 0 Å². The van der Waals surface area contributed by atoms with Gasteiger partial charge in [0, 0.05) is 19.6 Å². The van der Waals surface area contributed by atoms with Gasteiger partial charge in [-0.25, -0.2) is 0 Å². The van der Waals surface area contributed by atoms with E-state index < -0.39 is 0 Å². The largest absolute Gasteiger partial charge is 0.354 e. The van der Waals surface area contributed by atoms with Gasteiger partial charge in [-0.1, -0.05) is 20.8 Å². The van der Waals surface area contributed by atoms with E-state index in [4.69, 9.17) is 5.73 Å². The van der Waals surface area contributed by atoms with E-state index in [1.54, 1.807) is 4.90 Å². The van der Waals surface area contributed by atoms with Crippen LogP contribution in [-0.2, 0) is 9.59 Å². The monoisotopic (exact) mass is 255 g/mol. The van der Waals surface area contributed by atoms with Gasteiger partial charge in [-0.2, -0.15) is 0 Å². The molecule has 1 aliphatic rings. The molecule has 104 valence electrons. The lowest BCUT2D eigenvalue weighted by atomic mass is 9.84. The number of nitrogens with two attached hydrogens (primary N) is 1. The molecule has 1 saturated heterocycles. The van der Waals surface area contributed by atoms with E-state index in [1.807, 2.05) is 0 Å². The Bertz CT molecular complexity index is 310. The van der Waals surface area contributed by atoms with Crippen molar-refractivity contribution >= 4 is 11.8 Å². The number of carbonyl (C=O) groups excluding carboxylic acids is 2. The van der Waals surface area contributed by atoms with Crippen LogP contribution in [-0.4, -0.2) is 42.9 Å². The van der Waals surface area contributed by atoms with Crippen molar-refractivity contribution < 1.29 is 9.59 Å². The SMILES string of the molecule is CC(C)(C)CC(CN)C(=O)N1CCCNC(=O)C1. The predicted octanol–water partition coefficient (Wildman–Crippen LogP) is 0.346. The normalized spacial score (nSPS) is 19.1. The lowest BCUT2D eigenvalue weighted by Gasteiger charge is -2.29. The Hall–Kier alpha value is -1.10. The minimum Gasteiger partial charge on any atom is -0.354 e. The van der Waals surface area contributed by atoms with Crippen molar-refractivity contribution in [2.45, 2.75) is 33.6 Å². The Morgan fingerprint density at radius 3 is 2.72 bits per heavy atom. The molecule has 0 saturated carbocycles. The summed E-state index contributed by atoms with van der Waals surface area (Å²) in [5.74, 6) is -0.243. The molecule has 2 amide bonds. The maximum Gasteiger partial charge on any atom is 0.239 e. The molecule has 0 radical (unpaired) electrons. The molecule has 0 aromatic heterocycles. The fourth-order valence-electron chi connectivity index (χ4n) is 2.26. The van der Waals surface area contributed by atoms with Gasteiger partial charge in [-0.15, -0.1) is 0 Å². The molecule has 3 N–H and O–H groups in total. The summed E-state index contributed by atoms with van der Waals surface area (Å²) in [7, 11) is 0. The molecule has 1 heterocycles. The highest BCUT2D eigenvalue weighted by Gasteiger charge is 2.29. The number of hydrogen-bond donors (Lipinski definition) is 2. The number of hydrogen-bond acceptors (Lipinski definition) is 3. The first-order valence-corrected chi connectivity index (χ1v) is 6.59. The van der Waals surface area contributed by atoms with Gasteiger partial charge in [0.25, 0.3) is 0 Å². The Labute approximate surface area is 109 Å². The number of carbonyl (C=O) groups is 2. The van der Waals surface area contributed by atoms with Gasteiger partial charge in [0.2, 0.25) is 11.8 Å². The Balaban J connectivity index is 2.67. The summed E-state index contributed by atoms with van der Waals surface area (Å²) < 4.78 is 0. The quantitative estimate of drug-likeness (QED) is 0.764. The fraction of sp³-hybridized carbons (Fsp3) is 0.846. The second-order valence-corrected chi connectivity index (χ2v) is 6.16. The third kappa shape index (κ3) is 4.64. The molecule has 0 aromatic carbocycles. The predicted molar refractivity (Wildman–Crippen MR) is 70.8 cm³/mol. The minimum atomic E-state index is -0.184. The van der Waals surface area contributed by atoms with E-state index in [0.717, 1.165) is 12.8 Å². The second-order valence-electron chi connectivity index (χ2n) is 6.16. The second kappa shape index (κ2) is 6.18. The zero-order valence-electron chi connectivity index (χ0n) is 11.7. The highest BCUT2D eigenvalue weighted by molar-refractivity contribution is 5.86. The topological polar surface area (TPSA) is 75.4 Å². The molecule has 18 heavy (non-hydrogen) atoms. The lowest BCUT2D eigenvalue weighted by Crippen LogP contribution is -2.43. The fourth-order valence-corrected chi connectivity index (χ4v) is 2.26. The Kier molecular flexibility index (Phi) is 5.14. The molecule has 1 atom stereocenters. The van der Waals surface area contributed by atoms with Gasteiger partial charge in [0.1, 0.15) is 0 Å². The zero-order valence-corrected chi connectivity index (χ0v) is 11.7. The third-order valence-electron chi connectivity index (χ3n) is 3.07. The first kappa shape index (κ1) is 15.0. The molecule has 1 rings (SSSR count). The van der Waals surface area contributed by atoms with Gasteiger partial charge < -0.3 is 16.0 Å². The number of amides is 2. The smallest absolute Gasteiger partial charge is 0.239 e. The van der Waals surface area contributed by atoms with E-state index in [-0.39, 0.29) is 29.7 Å². The van der Waals surface area contributed by atoms with E-state index >= 15 is 0 Å². The molecule has 5 heteroatoms. The maximum absolute atomic E-state index is 12.4. The highest BCUT2D eigenvalue weighted by atomic mass is 16.2. The summed E-state index contributed by atoms with van der Waals surface area (Å²) in [4.78, 5) is 25.5. The molecular weight excluding hydrogens is 230 g/mol. The highest BCUT2D eigenvalue weighted by Crippen LogP contribution is 2.25. The first-order chi connectivity index (χ1) is 8.33. The number of nitrogens with one attached hydrogen (secondary N) is 1. The summed E-state index contributed by atoms with van der Waals surface area (Å²) in [6.07, 6.45) is 1.56. The van der Waals surface area contributed by atoms with Crippen molar-refractivity contribution in [2.75, 3.05) is 26.2 Å².